The Bertz CT molecular complexity index is 377. The van der Waals surface area contributed by atoms with Crippen molar-refractivity contribution in [1.82, 2.24) is 4.98 Å². The van der Waals surface area contributed by atoms with Crippen LogP contribution in [-0.2, 0) is 0 Å². The van der Waals surface area contributed by atoms with Crippen molar-refractivity contribution in [3.8, 4) is 0 Å². The molecular formula is C12H16BrClN2. The fraction of sp³-hybridized carbons (Fsp3) is 0.583. The minimum absolute atomic E-state index is 0.521. The smallest absolute Gasteiger partial charge is 0.144 e. The molecule has 1 aliphatic carbocycles. The standard InChI is InChI=1S/C12H16BrClN2/c1-2-3-12(4-5-12)8-16-11-10(14)6-9(13)7-15-11/h6-7H,2-5,8H2,1H3,(H,15,16). The first kappa shape index (κ1) is 12.2. The molecule has 0 spiro atoms. The average Bonchev–Trinajstić information content (AvgIpc) is 2.98. The molecule has 1 saturated carbocycles. The summed E-state index contributed by atoms with van der Waals surface area (Å²) in [6, 6.07) is 1.87. The Balaban J connectivity index is 1.94. The van der Waals surface area contributed by atoms with Crippen molar-refractivity contribution in [3.63, 3.8) is 0 Å². The van der Waals surface area contributed by atoms with Crippen molar-refractivity contribution in [2.24, 2.45) is 5.41 Å². The molecule has 0 atom stereocenters. The zero-order valence-corrected chi connectivity index (χ0v) is 11.7. The molecule has 1 heterocycles. The third-order valence-electron chi connectivity index (χ3n) is 3.18. The highest BCUT2D eigenvalue weighted by atomic mass is 79.9. The van der Waals surface area contributed by atoms with E-state index in [2.05, 4.69) is 33.2 Å². The van der Waals surface area contributed by atoms with E-state index >= 15 is 0 Å². The number of pyridine rings is 1. The lowest BCUT2D eigenvalue weighted by Crippen LogP contribution is -2.16. The van der Waals surface area contributed by atoms with Gasteiger partial charge >= 0.3 is 0 Å². The number of nitrogens with zero attached hydrogens (tertiary/aromatic N) is 1. The third kappa shape index (κ3) is 2.89. The summed E-state index contributed by atoms with van der Waals surface area (Å²) in [5, 5.41) is 4.05. The maximum Gasteiger partial charge on any atom is 0.144 e. The second-order valence-corrected chi connectivity index (χ2v) is 5.91. The summed E-state index contributed by atoms with van der Waals surface area (Å²) in [5.74, 6) is 0.798. The van der Waals surface area contributed by atoms with Gasteiger partial charge in [0.15, 0.2) is 0 Å². The van der Waals surface area contributed by atoms with Gasteiger partial charge in [0.25, 0.3) is 0 Å². The van der Waals surface area contributed by atoms with E-state index in [1.807, 2.05) is 6.07 Å². The Labute approximate surface area is 110 Å². The van der Waals surface area contributed by atoms with Gasteiger partial charge in [-0.1, -0.05) is 24.9 Å². The van der Waals surface area contributed by atoms with Crippen LogP contribution in [0.5, 0.6) is 0 Å². The Morgan fingerprint density at radius 2 is 2.31 bits per heavy atom. The topological polar surface area (TPSA) is 24.9 Å². The lowest BCUT2D eigenvalue weighted by molar-refractivity contribution is 0.485. The summed E-state index contributed by atoms with van der Waals surface area (Å²) in [5.41, 5.74) is 0.521. The van der Waals surface area contributed by atoms with Crippen molar-refractivity contribution in [2.75, 3.05) is 11.9 Å². The number of halogens is 2. The monoisotopic (exact) mass is 302 g/mol. The zero-order chi connectivity index (χ0) is 11.6. The molecule has 0 radical (unpaired) electrons. The number of aromatic nitrogens is 1. The molecule has 2 rings (SSSR count). The number of hydrogen-bond acceptors (Lipinski definition) is 2. The van der Waals surface area contributed by atoms with Gasteiger partial charge in [0, 0.05) is 17.2 Å². The molecule has 16 heavy (non-hydrogen) atoms. The summed E-state index contributed by atoms with van der Waals surface area (Å²) in [7, 11) is 0. The Morgan fingerprint density at radius 1 is 1.56 bits per heavy atom. The molecule has 0 bridgehead atoms. The Kier molecular flexibility index (Phi) is 3.75. The number of nitrogens with one attached hydrogen (secondary N) is 1. The van der Waals surface area contributed by atoms with Crippen LogP contribution in [0.1, 0.15) is 32.6 Å². The van der Waals surface area contributed by atoms with Gasteiger partial charge < -0.3 is 5.32 Å². The SMILES string of the molecule is CCCC1(CNc2ncc(Br)cc2Cl)CC1. The van der Waals surface area contributed by atoms with Crippen LogP contribution in [0.4, 0.5) is 5.82 Å². The average molecular weight is 304 g/mol. The van der Waals surface area contributed by atoms with Gasteiger partial charge in [0.1, 0.15) is 5.82 Å². The van der Waals surface area contributed by atoms with Crippen LogP contribution in [0.3, 0.4) is 0 Å². The maximum absolute atomic E-state index is 6.10. The first-order chi connectivity index (χ1) is 7.65. The van der Waals surface area contributed by atoms with Gasteiger partial charge in [-0.15, -0.1) is 0 Å². The molecule has 1 aromatic rings. The molecule has 0 amide bonds. The zero-order valence-electron chi connectivity index (χ0n) is 9.39. The molecule has 1 aliphatic rings. The van der Waals surface area contributed by atoms with Gasteiger partial charge in [-0.25, -0.2) is 4.98 Å². The second kappa shape index (κ2) is 4.92. The second-order valence-electron chi connectivity index (χ2n) is 4.59. The molecule has 4 heteroatoms. The van der Waals surface area contributed by atoms with E-state index < -0.39 is 0 Å². The highest BCUT2D eigenvalue weighted by Crippen LogP contribution is 2.49. The van der Waals surface area contributed by atoms with Crippen LogP contribution >= 0.6 is 27.5 Å². The number of hydrogen-bond donors (Lipinski definition) is 1. The highest BCUT2D eigenvalue weighted by molar-refractivity contribution is 9.10. The van der Waals surface area contributed by atoms with Gasteiger partial charge in [-0.05, 0) is 46.7 Å². The fourth-order valence-electron chi connectivity index (χ4n) is 2.04. The first-order valence-corrected chi connectivity index (χ1v) is 6.87. The summed E-state index contributed by atoms with van der Waals surface area (Å²) in [6.45, 7) is 3.24. The predicted octanol–water partition coefficient (Wildman–Crippen LogP) is 4.49. The predicted molar refractivity (Wildman–Crippen MR) is 72.0 cm³/mol. The first-order valence-electron chi connectivity index (χ1n) is 5.70. The molecule has 0 aliphatic heterocycles. The number of rotatable bonds is 5. The molecule has 0 saturated heterocycles. The van der Waals surface area contributed by atoms with Crippen LogP contribution in [-0.4, -0.2) is 11.5 Å². The molecule has 1 aromatic heterocycles. The molecule has 1 N–H and O–H groups in total. The van der Waals surface area contributed by atoms with Crippen molar-refractivity contribution in [1.29, 1.82) is 0 Å². The van der Waals surface area contributed by atoms with E-state index in [1.165, 1.54) is 25.7 Å². The van der Waals surface area contributed by atoms with Crippen molar-refractivity contribution in [3.05, 3.63) is 21.8 Å². The van der Waals surface area contributed by atoms with Crippen LogP contribution in [0.25, 0.3) is 0 Å². The van der Waals surface area contributed by atoms with E-state index in [9.17, 15) is 0 Å². The summed E-state index contributed by atoms with van der Waals surface area (Å²) >= 11 is 9.45. The van der Waals surface area contributed by atoms with E-state index in [-0.39, 0.29) is 0 Å². The Hall–Kier alpha value is -0.280. The third-order valence-corrected chi connectivity index (χ3v) is 3.90. The lowest BCUT2D eigenvalue weighted by Gasteiger charge is -2.15. The minimum atomic E-state index is 0.521. The van der Waals surface area contributed by atoms with Crippen LogP contribution in [0, 0.1) is 5.41 Å². The fourth-order valence-corrected chi connectivity index (χ4v) is 2.73. The quantitative estimate of drug-likeness (QED) is 0.867. The lowest BCUT2D eigenvalue weighted by atomic mass is 10.0. The molecule has 1 fully saturated rings. The van der Waals surface area contributed by atoms with Crippen LogP contribution in [0.15, 0.2) is 16.7 Å². The van der Waals surface area contributed by atoms with Crippen LogP contribution in [0.2, 0.25) is 5.02 Å². The summed E-state index contributed by atoms with van der Waals surface area (Å²) in [6.07, 6.45) is 6.99. The molecule has 0 aromatic carbocycles. The summed E-state index contributed by atoms with van der Waals surface area (Å²) in [4.78, 5) is 4.28. The van der Waals surface area contributed by atoms with Crippen molar-refractivity contribution >= 4 is 33.3 Å². The van der Waals surface area contributed by atoms with Crippen LogP contribution < -0.4 is 5.32 Å². The minimum Gasteiger partial charge on any atom is -0.368 e. The van der Waals surface area contributed by atoms with Gasteiger partial charge in [0.05, 0.1) is 5.02 Å². The van der Waals surface area contributed by atoms with Gasteiger partial charge in [0.2, 0.25) is 0 Å². The van der Waals surface area contributed by atoms with Crippen molar-refractivity contribution < 1.29 is 0 Å². The van der Waals surface area contributed by atoms with Gasteiger partial charge in [-0.2, -0.15) is 0 Å². The molecule has 2 nitrogen and oxygen atoms in total. The summed E-state index contributed by atoms with van der Waals surface area (Å²) < 4.78 is 0.915. The highest BCUT2D eigenvalue weighted by Gasteiger charge is 2.41. The van der Waals surface area contributed by atoms with E-state index in [0.29, 0.717) is 10.4 Å². The van der Waals surface area contributed by atoms with E-state index in [1.54, 1.807) is 6.20 Å². The molecule has 88 valence electrons. The molecular weight excluding hydrogens is 288 g/mol. The maximum atomic E-state index is 6.10. The van der Waals surface area contributed by atoms with E-state index in [0.717, 1.165) is 16.8 Å². The van der Waals surface area contributed by atoms with Crippen molar-refractivity contribution in [2.45, 2.75) is 32.6 Å². The number of anilines is 1. The van der Waals surface area contributed by atoms with Gasteiger partial charge in [-0.3, -0.25) is 0 Å². The molecule has 0 unspecified atom stereocenters. The van der Waals surface area contributed by atoms with E-state index in [4.69, 9.17) is 11.6 Å². The largest absolute Gasteiger partial charge is 0.368 e. The normalized spacial score (nSPS) is 17.2. The Morgan fingerprint density at radius 3 is 2.88 bits per heavy atom.